The maximum Gasteiger partial charge on any atom is 0.352 e. The van der Waals surface area contributed by atoms with E-state index in [1.807, 2.05) is 35.3 Å². The highest BCUT2D eigenvalue weighted by atomic mass is 32.1. The summed E-state index contributed by atoms with van der Waals surface area (Å²) in [5, 5.41) is 29.0. The van der Waals surface area contributed by atoms with Crippen molar-refractivity contribution in [3.05, 3.63) is 34.4 Å². The smallest absolute Gasteiger partial charge is 0.352 e. The third kappa shape index (κ3) is 2.45. The molecule has 2 aromatic heterocycles. The average molecular weight is 392 g/mol. The van der Waals surface area contributed by atoms with E-state index in [9.17, 15) is 24.9 Å². The topological polar surface area (TPSA) is 106 Å². The molecule has 1 amide bonds. The molecule has 9 heteroatoms. The number of hydrogen-bond acceptors (Lipinski definition) is 5. The Bertz CT molecular complexity index is 989. The lowest BCUT2D eigenvalue weighted by Crippen LogP contribution is -2.63. The van der Waals surface area contributed by atoms with Crippen LogP contribution in [0, 0.1) is 18.8 Å². The Balaban J connectivity index is 1.70. The van der Waals surface area contributed by atoms with Gasteiger partial charge in [-0.05, 0) is 13.8 Å². The number of fused-ring (bicyclic) bond motifs is 2. The number of imidazole rings is 1. The van der Waals surface area contributed by atoms with Crippen LogP contribution in [0.25, 0.3) is 4.83 Å². The maximum absolute atomic E-state index is 12.4. The van der Waals surface area contributed by atoms with E-state index in [0.717, 1.165) is 15.4 Å². The minimum Gasteiger partial charge on any atom is -0.477 e. The quantitative estimate of drug-likeness (QED) is 0.501. The normalized spacial score (nSPS) is 25.9. The average Bonchev–Trinajstić information content (AvgIpc) is 3.19. The summed E-state index contributed by atoms with van der Waals surface area (Å²) in [5.41, 5.74) is 1.69. The lowest BCUT2D eigenvalue weighted by Gasteiger charge is -2.46. The molecule has 0 aliphatic carbocycles. The molecule has 1 saturated heterocycles. The van der Waals surface area contributed by atoms with Crippen LogP contribution in [-0.2, 0) is 22.7 Å². The number of amides is 1. The van der Waals surface area contributed by atoms with Gasteiger partial charge in [-0.15, -0.1) is 0 Å². The summed E-state index contributed by atoms with van der Waals surface area (Å²) in [4.78, 5) is 27.5. The zero-order chi connectivity index (χ0) is 19.6. The monoisotopic (exact) mass is 392 g/mol. The van der Waals surface area contributed by atoms with Crippen LogP contribution in [0.2, 0.25) is 0 Å². The Morgan fingerprint density at radius 1 is 1.44 bits per heavy atom. The van der Waals surface area contributed by atoms with Gasteiger partial charge < -0.3 is 20.2 Å². The second-order valence-corrected chi connectivity index (χ2v) is 8.44. The molecule has 27 heavy (non-hydrogen) atoms. The van der Waals surface area contributed by atoms with Crippen molar-refractivity contribution in [3.8, 4) is 0 Å². The summed E-state index contributed by atoms with van der Waals surface area (Å²) >= 11 is 1.49. The van der Waals surface area contributed by atoms with E-state index in [2.05, 4.69) is 0 Å². The number of aliphatic hydroxyl groups is 2. The number of carbonyl (C=O) groups is 2. The van der Waals surface area contributed by atoms with Crippen molar-refractivity contribution in [3.63, 3.8) is 0 Å². The highest BCUT2D eigenvalue weighted by Crippen LogP contribution is 2.47. The van der Waals surface area contributed by atoms with Gasteiger partial charge in [0.1, 0.15) is 24.1 Å². The first-order chi connectivity index (χ1) is 12.8. The Hall–Kier alpha value is -2.23. The zero-order valence-electron chi connectivity index (χ0n) is 15.3. The molecule has 3 N–H and O–H groups in total. The maximum atomic E-state index is 12.4. The van der Waals surface area contributed by atoms with E-state index < -0.39 is 18.0 Å². The summed E-state index contributed by atoms with van der Waals surface area (Å²) in [6, 6.07) is -0.300. The number of nitrogens with zero attached hydrogens (tertiary/aromatic N) is 3. The molecule has 0 unspecified atom stereocenters. The summed E-state index contributed by atoms with van der Waals surface area (Å²) in [6.45, 7) is 5.76. The minimum atomic E-state index is -1.11. The Labute approximate surface area is 159 Å². The molecule has 8 nitrogen and oxygen atoms in total. The fourth-order valence-electron chi connectivity index (χ4n) is 4.39. The molecule has 4 atom stereocenters. The van der Waals surface area contributed by atoms with Gasteiger partial charge >= 0.3 is 5.97 Å². The molecule has 144 valence electrons. The van der Waals surface area contributed by atoms with Crippen LogP contribution in [0.5, 0.6) is 0 Å². The number of hydrogen-bond donors (Lipinski definition) is 3. The first-order valence-electron chi connectivity index (χ1n) is 8.84. The van der Waals surface area contributed by atoms with Crippen molar-refractivity contribution in [1.29, 1.82) is 0 Å². The Kier molecular flexibility index (Phi) is 4.13. The van der Waals surface area contributed by atoms with Gasteiger partial charge in [0.25, 0.3) is 0 Å². The van der Waals surface area contributed by atoms with E-state index in [-0.39, 0.29) is 30.2 Å². The number of carbonyl (C=O) groups excluding carboxylic acids is 1. The number of aryl methyl sites for hydroxylation is 1. The van der Waals surface area contributed by atoms with Gasteiger partial charge in [0.05, 0.1) is 29.5 Å². The van der Waals surface area contributed by atoms with Crippen molar-refractivity contribution in [2.24, 2.45) is 11.8 Å². The van der Waals surface area contributed by atoms with E-state index in [1.54, 1.807) is 6.92 Å². The van der Waals surface area contributed by atoms with Crippen LogP contribution in [-0.4, -0.2) is 48.6 Å². The number of carboxylic acids is 1. The fourth-order valence-corrected chi connectivity index (χ4v) is 5.42. The fraction of sp³-hybridized carbons (Fsp3) is 0.500. The first-order valence-corrected chi connectivity index (χ1v) is 9.65. The van der Waals surface area contributed by atoms with E-state index in [4.69, 9.17) is 0 Å². The zero-order valence-corrected chi connectivity index (χ0v) is 16.1. The molecule has 4 heterocycles. The molecule has 2 aliphatic rings. The minimum absolute atomic E-state index is 0.0109. The van der Waals surface area contributed by atoms with Crippen LogP contribution in [0.1, 0.15) is 24.4 Å². The summed E-state index contributed by atoms with van der Waals surface area (Å²) in [5.74, 6) is -2.13. The molecule has 0 saturated carbocycles. The van der Waals surface area contributed by atoms with Crippen LogP contribution in [0.4, 0.5) is 0 Å². The summed E-state index contributed by atoms with van der Waals surface area (Å²) in [7, 11) is 0. The molecule has 0 spiro atoms. The van der Waals surface area contributed by atoms with Gasteiger partial charge in [-0.2, -0.15) is 4.40 Å². The number of β-lactam (4-membered cyclic amide) rings is 1. The van der Waals surface area contributed by atoms with Gasteiger partial charge in [0.2, 0.25) is 17.1 Å². The second kappa shape index (κ2) is 6.15. The van der Waals surface area contributed by atoms with E-state index in [0.29, 0.717) is 12.1 Å². The number of thiazole rings is 1. The highest BCUT2D eigenvalue weighted by molar-refractivity contribution is 7.17. The lowest BCUT2D eigenvalue weighted by molar-refractivity contribution is -0.688. The number of aliphatic hydroxyl groups excluding tert-OH is 2. The van der Waals surface area contributed by atoms with Gasteiger partial charge in [-0.3, -0.25) is 4.79 Å². The van der Waals surface area contributed by atoms with Crippen molar-refractivity contribution in [1.82, 2.24) is 9.30 Å². The third-order valence-corrected chi connectivity index (χ3v) is 6.97. The van der Waals surface area contributed by atoms with Crippen molar-refractivity contribution < 1.29 is 29.5 Å². The van der Waals surface area contributed by atoms with Crippen LogP contribution < -0.4 is 4.57 Å². The molecule has 1 fully saturated rings. The van der Waals surface area contributed by atoms with Crippen LogP contribution >= 0.6 is 11.3 Å². The Morgan fingerprint density at radius 2 is 2.15 bits per heavy atom. The molecular weight excluding hydrogens is 370 g/mol. The Morgan fingerprint density at radius 3 is 2.70 bits per heavy atom. The second-order valence-electron chi connectivity index (χ2n) is 7.33. The van der Waals surface area contributed by atoms with Gasteiger partial charge in [-0.1, -0.05) is 18.3 Å². The summed E-state index contributed by atoms with van der Waals surface area (Å²) in [6.07, 6.45) is 2.99. The lowest BCUT2D eigenvalue weighted by atomic mass is 9.78. The van der Waals surface area contributed by atoms with Crippen LogP contribution in [0.3, 0.4) is 0 Å². The molecule has 4 rings (SSSR count). The largest absolute Gasteiger partial charge is 0.477 e. The highest BCUT2D eigenvalue weighted by Gasteiger charge is 2.60. The molecule has 2 aromatic rings. The number of aliphatic carboxylic acids is 1. The van der Waals surface area contributed by atoms with Gasteiger partial charge in [0, 0.05) is 11.5 Å². The van der Waals surface area contributed by atoms with E-state index in [1.165, 1.54) is 16.2 Å². The summed E-state index contributed by atoms with van der Waals surface area (Å²) < 4.78 is 3.87. The van der Waals surface area contributed by atoms with Crippen molar-refractivity contribution >= 4 is 28.0 Å². The SMILES string of the molecule is Cc1c(CO)sc2c[n+](CC3=C(C(=O)O)N4C(=O)[C@H]([C@@H](C)O)[C@H]4[C@H]3C)cn12. The van der Waals surface area contributed by atoms with Crippen molar-refractivity contribution in [2.75, 3.05) is 0 Å². The standard InChI is InChI=1S/C18H21N3O5S/c1-8-11(4-19-5-13-20(7-19)9(2)12(6-22)27-13)16(18(25)26)21-15(8)14(10(3)23)17(21)24/h5,7-8,10,14-15,22-23H,4,6H2,1-3H3/p+1/t8-,10+,14+,15+/m0/s1. The van der Waals surface area contributed by atoms with E-state index >= 15 is 0 Å². The molecule has 0 radical (unpaired) electrons. The van der Waals surface area contributed by atoms with Crippen LogP contribution in [0.15, 0.2) is 23.8 Å². The molecule has 0 aromatic carbocycles. The van der Waals surface area contributed by atoms with Gasteiger partial charge in [-0.25, -0.2) is 9.36 Å². The van der Waals surface area contributed by atoms with Gasteiger partial charge in [0.15, 0.2) is 0 Å². The molecule has 2 aliphatic heterocycles. The molecular formula is C18H22N3O5S+. The third-order valence-electron chi connectivity index (χ3n) is 5.78. The number of rotatable bonds is 5. The predicted molar refractivity (Wildman–Crippen MR) is 95.8 cm³/mol. The number of aromatic nitrogens is 2. The predicted octanol–water partition coefficient (Wildman–Crippen LogP) is 0.285. The first kappa shape index (κ1) is 18.1. The van der Waals surface area contributed by atoms with Crippen molar-refractivity contribution in [2.45, 2.75) is 46.1 Å². The molecule has 0 bridgehead atoms. The number of carboxylic acid groups (broad SMARTS) is 1.